The summed E-state index contributed by atoms with van der Waals surface area (Å²) >= 11 is 0. The van der Waals surface area contributed by atoms with E-state index in [9.17, 15) is 27.9 Å². The minimum Gasteiger partial charge on any atom is -0.390 e. The molecule has 3 amide bonds. The molecule has 6 nitrogen and oxygen atoms in total. The molecule has 136 valence electrons. The van der Waals surface area contributed by atoms with Gasteiger partial charge in [-0.25, -0.2) is 4.79 Å². The van der Waals surface area contributed by atoms with E-state index < -0.39 is 34.8 Å². The van der Waals surface area contributed by atoms with Crippen molar-refractivity contribution in [2.24, 2.45) is 5.73 Å². The lowest BCUT2D eigenvalue weighted by atomic mass is 9.45. The number of benzene rings is 1. The number of halogens is 3. The van der Waals surface area contributed by atoms with Gasteiger partial charge >= 0.3 is 12.2 Å². The number of aliphatic hydroxyl groups is 1. The van der Waals surface area contributed by atoms with Gasteiger partial charge in [0.25, 0.3) is 0 Å². The molecule has 3 aliphatic rings. The van der Waals surface area contributed by atoms with E-state index in [4.69, 9.17) is 5.73 Å². The molecule has 1 aromatic rings. The average molecular weight is 357 g/mol. The van der Waals surface area contributed by atoms with Crippen LogP contribution in [0.4, 0.5) is 18.0 Å². The molecule has 4 N–H and O–H groups in total. The normalized spacial score (nSPS) is 27.0. The smallest absolute Gasteiger partial charge is 0.390 e. The second-order valence-corrected chi connectivity index (χ2v) is 6.87. The topological polar surface area (TPSA) is 95.7 Å². The number of nitrogens with one attached hydrogen (secondary N) is 1. The zero-order chi connectivity index (χ0) is 18.5. The second-order valence-electron chi connectivity index (χ2n) is 6.87. The van der Waals surface area contributed by atoms with Crippen LogP contribution in [0.25, 0.3) is 0 Å². The van der Waals surface area contributed by atoms with Crippen LogP contribution < -0.4 is 11.1 Å². The molecular weight excluding hydrogens is 339 g/mol. The number of rotatable bonds is 5. The first kappa shape index (κ1) is 17.5. The Balaban J connectivity index is 1.79. The Kier molecular flexibility index (Phi) is 3.94. The fraction of sp³-hybridized carbons (Fsp3) is 0.500. The highest BCUT2D eigenvalue weighted by atomic mass is 19.4. The number of hydrogen-bond acceptors (Lipinski definition) is 3. The first-order valence-electron chi connectivity index (χ1n) is 7.75. The number of carbonyl (C=O) groups is 2. The Labute approximate surface area is 141 Å². The third-order valence-corrected chi connectivity index (χ3v) is 4.86. The lowest BCUT2D eigenvalue weighted by Gasteiger charge is -2.71. The molecule has 2 bridgehead atoms. The lowest BCUT2D eigenvalue weighted by Crippen LogP contribution is -2.79. The molecule has 0 unspecified atom stereocenters. The van der Waals surface area contributed by atoms with Crippen molar-refractivity contribution in [1.82, 2.24) is 10.2 Å². The number of carbonyl (C=O) groups excluding carboxylic acids is 2. The Hall–Kier alpha value is -2.29. The second kappa shape index (κ2) is 5.62. The van der Waals surface area contributed by atoms with Gasteiger partial charge in [0, 0.05) is 6.54 Å². The van der Waals surface area contributed by atoms with E-state index in [1.807, 2.05) is 0 Å². The Morgan fingerprint density at radius 1 is 1.28 bits per heavy atom. The van der Waals surface area contributed by atoms with E-state index >= 15 is 0 Å². The quantitative estimate of drug-likeness (QED) is 0.743. The first-order chi connectivity index (χ1) is 11.5. The molecule has 0 saturated heterocycles. The third kappa shape index (κ3) is 3.28. The van der Waals surface area contributed by atoms with Crippen molar-refractivity contribution in [3.05, 3.63) is 35.4 Å². The van der Waals surface area contributed by atoms with Crippen LogP contribution in [0.2, 0.25) is 0 Å². The first-order valence-corrected chi connectivity index (χ1v) is 7.75. The van der Waals surface area contributed by atoms with Crippen LogP contribution >= 0.6 is 0 Å². The Morgan fingerprint density at radius 3 is 2.44 bits per heavy atom. The number of primary amides is 1. The summed E-state index contributed by atoms with van der Waals surface area (Å²) in [5, 5.41) is 12.1. The van der Waals surface area contributed by atoms with Gasteiger partial charge in [0.05, 0.1) is 23.2 Å². The standard InChI is InChI=1S/C16H18F3N3O3/c17-16(18,19)11-3-1-2-10(4-11)6-22(12(23)5-21-13(20)24)14-7-15(25,8-14)9-14/h1-4,25H,5-9H2,(H3,20,21,24). The summed E-state index contributed by atoms with van der Waals surface area (Å²) in [6, 6.07) is 3.91. The zero-order valence-corrected chi connectivity index (χ0v) is 13.3. The number of urea groups is 1. The minimum atomic E-state index is -4.47. The summed E-state index contributed by atoms with van der Waals surface area (Å²) in [5.74, 6) is -0.446. The van der Waals surface area contributed by atoms with Gasteiger partial charge in [-0.2, -0.15) is 13.2 Å². The van der Waals surface area contributed by atoms with Crippen molar-refractivity contribution in [3.63, 3.8) is 0 Å². The molecule has 0 aromatic heterocycles. The van der Waals surface area contributed by atoms with Crippen molar-refractivity contribution in [2.75, 3.05) is 6.54 Å². The third-order valence-electron chi connectivity index (χ3n) is 4.86. The highest BCUT2D eigenvalue weighted by Crippen LogP contribution is 2.63. The van der Waals surface area contributed by atoms with Crippen LogP contribution in [0.1, 0.15) is 30.4 Å². The van der Waals surface area contributed by atoms with Gasteiger partial charge in [0.1, 0.15) is 0 Å². The molecule has 9 heteroatoms. The summed E-state index contributed by atoms with van der Waals surface area (Å²) < 4.78 is 38.6. The molecule has 0 aliphatic heterocycles. The average Bonchev–Trinajstić information content (AvgIpc) is 2.46. The molecule has 1 aromatic carbocycles. The van der Waals surface area contributed by atoms with Crippen molar-refractivity contribution in [3.8, 4) is 0 Å². The summed E-state index contributed by atoms with van der Waals surface area (Å²) in [6.07, 6.45) is -3.30. The molecule has 0 atom stereocenters. The molecule has 4 rings (SSSR count). The Morgan fingerprint density at radius 2 is 1.92 bits per heavy atom. The largest absolute Gasteiger partial charge is 0.416 e. The fourth-order valence-corrected chi connectivity index (χ4v) is 3.78. The lowest BCUT2D eigenvalue weighted by molar-refractivity contribution is -0.263. The molecule has 3 saturated carbocycles. The minimum absolute atomic E-state index is 0.0285. The van der Waals surface area contributed by atoms with E-state index in [0.717, 1.165) is 12.1 Å². The van der Waals surface area contributed by atoms with Gasteiger partial charge < -0.3 is 21.1 Å². The van der Waals surface area contributed by atoms with Crippen LogP contribution in [0.5, 0.6) is 0 Å². The fourth-order valence-electron chi connectivity index (χ4n) is 3.78. The zero-order valence-electron chi connectivity index (χ0n) is 13.3. The van der Waals surface area contributed by atoms with Gasteiger partial charge in [-0.3, -0.25) is 4.79 Å². The van der Waals surface area contributed by atoms with Crippen molar-refractivity contribution in [1.29, 1.82) is 0 Å². The van der Waals surface area contributed by atoms with E-state index in [1.54, 1.807) is 0 Å². The summed E-state index contributed by atoms with van der Waals surface area (Å²) in [4.78, 5) is 24.7. The Bertz CT molecular complexity index is 700. The predicted molar refractivity (Wildman–Crippen MR) is 81.1 cm³/mol. The maximum absolute atomic E-state index is 12.9. The van der Waals surface area contributed by atoms with Crippen LogP contribution in [0, 0.1) is 0 Å². The molecule has 0 spiro atoms. The molecule has 3 aliphatic carbocycles. The summed E-state index contributed by atoms with van der Waals surface area (Å²) in [6.45, 7) is -0.367. The van der Waals surface area contributed by atoms with E-state index in [-0.39, 0.29) is 13.1 Å². The van der Waals surface area contributed by atoms with Crippen LogP contribution in [-0.4, -0.2) is 39.6 Å². The highest BCUT2D eigenvalue weighted by molar-refractivity contribution is 5.84. The number of amides is 3. The van der Waals surface area contributed by atoms with E-state index in [1.165, 1.54) is 17.0 Å². The van der Waals surface area contributed by atoms with Crippen molar-refractivity contribution in [2.45, 2.75) is 43.1 Å². The van der Waals surface area contributed by atoms with Crippen LogP contribution in [0.15, 0.2) is 24.3 Å². The van der Waals surface area contributed by atoms with Crippen LogP contribution in [0.3, 0.4) is 0 Å². The van der Waals surface area contributed by atoms with Gasteiger partial charge in [-0.05, 0) is 37.0 Å². The van der Waals surface area contributed by atoms with Gasteiger partial charge in [-0.15, -0.1) is 0 Å². The number of nitrogens with zero attached hydrogens (tertiary/aromatic N) is 1. The molecule has 3 fully saturated rings. The SMILES string of the molecule is NC(=O)NCC(=O)N(Cc1cccc(C(F)(F)F)c1)C12CC(O)(C1)C2. The van der Waals surface area contributed by atoms with E-state index in [2.05, 4.69) is 5.32 Å². The molecule has 0 heterocycles. The van der Waals surface area contributed by atoms with E-state index in [0.29, 0.717) is 24.8 Å². The van der Waals surface area contributed by atoms with Crippen molar-refractivity contribution >= 4 is 11.9 Å². The predicted octanol–water partition coefficient (Wildman–Crippen LogP) is 1.37. The van der Waals surface area contributed by atoms with Crippen LogP contribution in [-0.2, 0) is 17.5 Å². The maximum Gasteiger partial charge on any atom is 0.416 e. The molecule has 0 radical (unpaired) electrons. The number of nitrogens with two attached hydrogens (primary N) is 1. The van der Waals surface area contributed by atoms with Crippen molar-refractivity contribution < 1.29 is 27.9 Å². The number of alkyl halides is 3. The monoisotopic (exact) mass is 357 g/mol. The molecular formula is C16H18F3N3O3. The van der Waals surface area contributed by atoms with Gasteiger partial charge in [-0.1, -0.05) is 12.1 Å². The van der Waals surface area contributed by atoms with Gasteiger partial charge in [0.2, 0.25) is 5.91 Å². The summed E-state index contributed by atoms with van der Waals surface area (Å²) in [5.41, 5.74) is 3.18. The summed E-state index contributed by atoms with van der Waals surface area (Å²) in [7, 11) is 0. The molecule has 25 heavy (non-hydrogen) atoms. The highest BCUT2D eigenvalue weighted by Gasteiger charge is 2.70. The number of hydrogen-bond donors (Lipinski definition) is 3. The maximum atomic E-state index is 12.9. The van der Waals surface area contributed by atoms with Gasteiger partial charge in [0.15, 0.2) is 0 Å².